The van der Waals surface area contributed by atoms with E-state index < -0.39 is 172 Å². The molecular formula is C71H108ClF3N12O12. The smallest absolute Gasteiger partial charge is 0.343 e. The summed E-state index contributed by atoms with van der Waals surface area (Å²) in [6.07, 6.45) is 3.24. The van der Waals surface area contributed by atoms with Crippen molar-refractivity contribution >= 4 is 82.5 Å². The second-order valence-corrected chi connectivity index (χ2v) is 29.8. The van der Waals surface area contributed by atoms with Gasteiger partial charge in [-0.2, -0.15) is 13.2 Å². The summed E-state index contributed by atoms with van der Waals surface area (Å²) in [5.41, 5.74) is -2.35. The molecule has 552 valence electrons. The molecule has 12 amide bonds. The third-order valence-corrected chi connectivity index (χ3v) is 22.3. The summed E-state index contributed by atoms with van der Waals surface area (Å²) in [5, 5.41) is 11.0. The molecule has 0 bridgehead atoms. The number of rotatable bonds is 12. The van der Waals surface area contributed by atoms with Gasteiger partial charge in [0, 0.05) is 61.4 Å². The van der Waals surface area contributed by atoms with Crippen LogP contribution in [-0.2, 0) is 70.1 Å². The fourth-order valence-corrected chi connectivity index (χ4v) is 15.5. The van der Waals surface area contributed by atoms with Crippen molar-refractivity contribution in [1.82, 2.24) is 60.5 Å². The lowest BCUT2D eigenvalue weighted by molar-refractivity contribution is -0.160. The SMILES string of the molecule is CC[C@H](C)[C@@H]1NC(=O)[C@H](CC(C)C)N(C)C(=O)C[C@@H](C(=O)N2CCCC2)NC(=O)[C@H]([C@@H](C)CC)N(C)C(=O)C2(CCCC2)NC(=O)[C@@H]2CCCN2C(=O)[C@H](CCc2ccc(C(F)(F)F)c(Cl)c2)NC(=O)CN(C)C(=O)[C@H](CC2CCCCC2)N(C)C(=O)[C@@H]2CCN2C(=O)[C@H](C)N(C)C1=O. The molecule has 4 N–H and O–H groups in total. The number of benzene rings is 1. The van der Waals surface area contributed by atoms with Gasteiger partial charge in [-0.15, -0.1) is 0 Å². The second-order valence-electron chi connectivity index (χ2n) is 29.4. The average Bonchev–Trinajstić information content (AvgIpc) is 1.71. The highest BCUT2D eigenvalue weighted by atomic mass is 35.5. The van der Waals surface area contributed by atoms with E-state index >= 15 is 19.2 Å². The predicted octanol–water partition coefficient (Wildman–Crippen LogP) is 5.69. The zero-order valence-electron chi connectivity index (χ0n) is 60.1. The number of likely N-dealkylation sites (N-methyl/N-ethyl adjacent to an activating group) is 5. The van der Waals surface area contributed by atoms with Gasteiger partial charge in [-0.3, -0.25) is 57.5 Å². The molecule has 1 aromatic rings. The van der Waals surface area contributed by atoms with Crippen LogP contribution in [0.15, 0.2) is 18.2 Å². The highest BCUT2D eigenvalue weighted by Gasteiger charge is 2.51. The molecule has 11 atom stereocenters. The average molecular weight is 1410 g/mol. The minimum atomic E-state index is -4.76. The van der Waals surface area contributed by atoms with E-state index in [1.807, 2.05) is 27.7 Å². The van der Waals surface area contributed by atoms with E-state index in [1.165, 1.54) is 77.6 Å². The van der Waals surface area contributed by atoms with Crippen molar-refractivity contribution in [3.63, 3.8) is 0 Å². The molecule has 2 saturated carbocycles. The minimum Gasteiger partial charge on any atom is -0.343 e. The van der Waals surface area contributed by atoms with Crippen LogP contribution in [0, 0.1) is 23.7 Å². The van der Waals surface area contributed by atoms with Crippen LogP contribution >= 0.6 is 11.6 Å². The molecule has 2 aliphatic carbocycles. The monoisotopic (exact) mass is 1410 g/mol. The first-order chi connectivity index (χ1) is 46.7. The molecule has 1 spiro atoms. The normalized spacial score (nSPS) is 28.0. The first kappa shape index (κ1) is 79.3. The Morgan fingerprint density at radius 3 is 1.86 bits per heavy atom. The van der Waals surface area contributed by atoms with Crippen molar-refractivity contribution in [2.24, 2.45) is 23.7 Å². The second kappa shape index (κ2) is 34.5. The molecule has 99 heavy (non-hydrogen) atoms. The number of likely N-dealkylation sites (tertiary alicyclic amines) is 1. The number of alkyl halides is 3. The van der Waals surface area contributed by atoms with Crippen molar-refractivity contribution in [2.75, 3.05) is 68.0 Å². The fraction of sp³-hybridized carbons (Fsp3) is 0.746. The number of nitrogens with zero attached hydrogens (tertiary/aromatic N) is 8. The molecule has 28 heteroatoms. The zero-order chi connectivity index (χ0) is 73.1. The van der Waals surface area contributed by atoms with Gasteiger partial charge >= 0.3 is 6.18 Å². The molecule has 6 aliphatic rings. The molecule has 6 fully saturated rings. The third kappa shape index (κ3) is 18.9. The van der Waals surface area contributed by atoms with Gasteiger partial charge in [0.05, 0.1) is 23.6 Å². The number of nitrogens with one attached hydrogen (secondary N) is 4. The Hall–Kier alpha value is -7.06. The van der Waals surface area contributed by atoms with Crippen molar-refractivity contribution < 1.29 is 70.7 Å². The Morgan fingerprint density at radius 1 is 0.636 bits per heavy atom. The van der Waals surface area contributed by atoms with Gasteiger partial charge in [-0.1, -0.05) is 117 Å². The molecule has 4 aliphatic heterocycles. The van der Waals surface area contributed by atoms with Crippen molar-refractivity contribution in [3.05, 3.63) is 34.3 Å². The number of fused-ring (bicyclic) bond motifs is 2. The molecule has 0 unspecified atom stereocenters. The summed E-state index contributed by atoms with van der Waals surface area (Å²) < 4.78 is 41.6. The van der Waals surface area contributed by atoms with E-state index in [0.29, 0.717) is 63.6 Å². The maximum absolute atomic E-state index is 15.4. The molecular weight excluding hydrogens is 1310 g/mol. The predicted molar refractivity (Wildman–Crippen MR) is 364 cm³/mol. The highest BCUT2D eigenvalue weighted by molar-refractivity contribution is 6.31. The van der Waals surface area contributed by atoms with Crippen molar-refractivity contribution in [1.29, 1.82) is 0 Å². The molecule has 7 rings (SSSR count). The molecule has 4 saturated heterocycles. The van der Waals surface area contributed by atoms with E-state index in [1.54, 1.807) is 18.7 Å². The topological polar surface area (TPSA) is 279 Å². The van der Waals surface area contributed by atoms with E-state index in [-0.39, 0.29) is 76.3 Å². The van der Waals surface area contributed by atoms with Crippen LogP contribution in [0.3, 0.4) is 0 Å². The Morgan fingerprint density at radius 2 is 1.27 bits per heavy atom. The number of hydrogen-bond donors (Lipinski definition) is 4. The number of carbonyl (C=O) groups excluding carboxylic acids is 12. The summed E-state index contributed by atoms with van der Waals surface area (Å²) in [4.78, 5) is 189. The lowest BCUT2D eigenvalue weighted by Crippen LogP contribution is -2.65. The first-order valence-corrected chi connectivity index (χ1v) is 36.3. The van der Waals surface area contributed by atoms with E-state index in [2.05, 4.69) is 21.3 Å². The van der Waals surface area contributed by atoms with Crippen molar-refractivity contribution in [2.45, 2.75) is 249 Å². The van der Waals surface area contributed by atoms with Gasteiger partial charge in [0.1, 0.15) is 59.9 Å². The maximum atomic E-state index is 15.4. The quantitative estimate of drug-likeness (QED) is 0.197. The first-order valence-electron chi connectivity index (χ1n) is 35.9. The number of aryl methyl sites for hydroxylation is 1. The molecule has 24 nitrogen and oxygen atoms in total. The van der Waals surface area contributed by atoms with Gasteiger partial charge in [0.25, 0.3) is 0 Å². The van der Waals surface area contributed by atoms with Crippen molar-refractivity contribution in [3.8, 4) is 0 Å². The Bertz CT molecular complexity index is 3120. The Balaban J connectivity index is 1.28. The van der Waals surface area contributed by atoms with Crippen LogP contribution in [-0.4, -0.2) is 238 Å². The standard InChI is InChI=1S/C71H108ClF3N12O12/c1-13-43(5)58-68(98)81(9)45(7)63(93)87-36-30-53(87)67(97)83(11)55(39-46-23-16-15-17-24-46)66(96)80(8)41-56(88)76-50(29-27-47-26-28-48(49(72)38-47)71(73,74)75)65(95)86-35-22-25-52(86)61(91)79-70(31-18-19-32-70)69(99)84(12)59(44(6)14-2)62(92)77-51(64(94)85-33-20-21-34-85)40-57(89)82(10)54(37-42(3)4)60(90)78-58/h26,28,38,42-46,50-55,58-59H,13-25,27,29-37,39-41H2,1-12H3,(H,76,88)(H,77,92)(H,78,90)(H,79,91)/t43-,44-,45-,50-,51-,52-,53-,54-,55-,58-,59-/m0/s1. The van der Waals surface area contributed by atoms with E-state index in [0.717, 1.165) is 49.1 Å². The lowest BCUT2D eigenvalue weighted by Gasteiger charge is -2.45. The number of hydrogen-bond acceptors (Lipinski definition) is 12. The minimum absolute atomic E-state index is 0.0232. The largest absolute Gasteiger partial charge is 0.417 e. The summed E-state index contributed by atoms with van der Waals surface area (Å²) >= 11 is 6.15. The molecule has 0 aromatic heterocycles. The Kier molecular flexibility index (Phi) is 27.7. The molecule has 4 heterocycles. The number of carbonyl (C=O) groups is 12. The van der Waals surface area contributed by atoms with E-state index in [9.17, 15) is 51.5 Å². The van der Waals surface area contributed by atoms with Crippen LogP contribution in [0.4, 0.5) is 13.2 Å². The van der Waals surface area contributed by atoms with Gasteiger partial charge in [-0.25, -0.2) is 0 Å². The Labute approximate surface area is 586 Å². The molecule has 0 radical (unpaired) electrons. The van der Waals surface area contributed by atoms with Crippen LogP contribution in [0.1, 0.15) is 188 Å². The molecule has 1 aromatic carbocycles. The van der Waals surface area contributed by atoms with Crippen LogP contribution in [0.5, 0.6) is 0 Å². The van der Waals surface area contributed by atoms with Gasteiger partial charge in [-0.05, 0) is 119 Å². The maximum Gasteiger partial charge on any atom is 0.417 e. The lowest BCUT2D eigenvalue weighted by atomic mass is 9.84. The highest BCUT2D eigenvalue weighted by Crippen LogP contribution is 2.37. The number of amides is 12. The van der Waals surface area contributed by atoms with Crippen LogP contribution in [0.25, 0.3) is 0 Å². The summed E-state index contributed by atoms with van der Waals surface area (Å²) in [6, 6.07) is -7.88. The fourth-order valence-electron chi connectivity index (χ4n) is 15.2. The zero-order valence-corrected chi connectivity index (χ0v) is 60.9. The third-order valence-electron chi connectivity index (χ3n) is 22.0. The summed E-state index contributed by atoms with van der Waals surface area (Å²) in [6.45, 7) is 12.7. The van der Waals surface area contributed by atoms with E-state index in [4.69, 9.17) is 11.6 Å². The van der Waals surface area contributed by atoms with Gasteiger partial charge in [0.15, 0.2) is 0 Å². The summed E-state index contributed by atoms with van der Waals surface area (Å²) in [7, 11) is 7.17. The van der Waals surface area contributed by atoms with Crippen LogP contribution in [0.2, 0.25) is 5.02 Å². The number of halogens is 4. The summed E-state index contributed by atoms with van der Waals surface area (Å²) in [5.74, 6) is -8.98. The van der Waals surface area contributed by atoms with Gasteiger partial charge in [0.2, 0.25) is 70.9 Å². The van der Waals surface area contributed by atoms with Gasteiger partial charge < -0.3 is 60.5 Å². The van der Waals surface area contributed by atoms with Crippen LogP contribution < -0.4 is 21.3 Å².